The number of esters is 1. The van der Waals surface area contributed by atoms with Crippen molar-refractivity contribution in [2.75, 3.05) is 11.5 Å². The fourth-order valence-corrected chi connectivity index (χ4v) is 3.50. The summed E-state index contributed by atoms with van der Waals surface area (Å²) in [5.74, 6) is -2.31. The third-order valence-corrected chi connectivity index (χ3v) is 5.71. The number of nitrogens with zero attached hydrogens (tertiary/aromatic N) is 1. The predicted octanol–water partition coefficient (Wildman–Crippen LogP) is 4.26. The largest absolute Gasteiger partial charge is 0.452 e. The molecule has 1 aliphatic rings. The van der Waals surface area contributed by atoms with E-state index in [1.807, 2.05) is 13.8 Å². The molecule has 0 saturated heterocycles. The average Bonchev–Trinajstić information content (AvgIpc) is 3.01. The van der Waals surface area contributed by atoms with Crippen molar-refractivity contribution in [3.8, 4) is 0 Å². The first-order valence-corrected chi connectivity index (χ1v) is 10.5. The molecule has 2 aromatic rings. The van der Waals surface area contributed by atoms with Crippen LogP contribution in [-0.4, -0.2) is 36.3 Å². The minimum atomic E-state index is -0.768. The van der Waals surface area contributed by atoms with Gasteiger partial charge in [0.1, 0.15) is 0 Å². The Hall–Kier alpha value is -2.90. The molecule has 1 aliphatic heterocycles. The first-order chi connectivity index (χ1) is 14.8. The maximum absolute atomic E-state index is 12.8. The van der Waals surface area contributed by atoms with Crippen molar-refractivity contribution in [3.63, 3.8) is 0 Å². The molecule has 0 bridgehead atoms. The maximum atomic E-state index is 12.8. The minimum Gasteiger partial charge on any atom is -0.452 e. The van der Waals surface area contributed by atoms with Crippen LogP contribution in [0.4, 0.5) is 5.69 Å². The molecule has 3 rings (SSSR count). The van der Waals surface area contributed by atoms with Gasteiger partial charge in [-0.1, -0.05) is 37.0 Å². The van der Waals surface area contributed by atoms with Gasteiger partial charge in [-0.25, -0.2) is 9.69 Å². The number of benzene rings is 2. The summed E-state index contributed by atoms with van der Waals surface area (Å²) in [6.45, 7) is 3.46. The van der Waals surface area contributed by atoms with Gasteiger partial charge in [-0.3, -0.25) is 14.4 Å². The van der Waals surface area contributed by atoms with Crippen molar-refractivity contribution in [2.45, 2.75) is 32.7 Å². The number of nitrogens with one attached hydrogen (secondary N) is 1. The summed E-state index contributed by atoms with van der Waals surface area (Å²) in [4.78, 5) is 50.8. The van der Waals surface area contributed by atoms with Crippen LogP contribution in [0.3, 0.4) is 0 Å². The Morgan fingerprint density at radius 3 is 2.29 bits per heavy atom. The quantitative estimate of drug-likeness (QED) is 0.490. The average molecular weight is 463 g/mol. The summed E-state index contributed by atoms with van der Waals surface area (Å²) >= 11 is 11.9. The van der Waals surface area contributed by atoms with Crippen LogP contribution >= 0.6 is 23.2 Å². The molecule has 0 fully saturated rings. The molecule has 1 N–H and O–H groups in total. The summed E-state index contributed by atoms with van der Waals surface area (Å²) < 4.78 is 5.05. The Bertz CT molecular complexity index is 1070. The van der Waals surface area contributed by atoms with E-state index in [0.29, 0.717) is 5.02 Å². The van der Waals surface area contributed by atoms with Gasteiger partial charge in [-0.05, 0) is 49.2 Å². The van der Waals surface area contributed by atoms with Crippen molar-refractivity contribution in [3.05, 3.63) is 63.1 Å². The summed E-state index contributed by atoms with van der Waals surface area (Å²) in [6.07, 6.45) is 1.54. The first-order valence-electron chi connectivity index (χ1n) is 9.71. The van der Waals surface area contributed by atoms with E-state index < -0.39 is 30.3 Å². The number of imide groups is 1. The summed E-state index contributed by atoms with van der Waals surface area (Å²) in [5.41, 5.74) is 0.542. The molecule has 0 saturated carbocycles. The second-order valence-electron chi connectivity index (χ2n) is 6.96. The molecule has 31 heavy (non-hydrogen) atoms. The van der Waals surface area contributed by atoms with Crippen LogP contribution in [0, 0.1) is 0 Å². The second-order valence-corrected chi connectivity index (χ2v) is 7.78. The molecule has 7 nitrogen and oxygen atoms in total. The number of halogens is 2. The third-order valence-electron chi connectivity index (χ3n) is 4.97. The topological polar surface area (TPSA) is 92.8 Å². The summed E-state index contributed by atoms with van der Waals surface area (Å²) in [6, 6.07) is 8.47. The maximum Gasteiger partial charge on any atom is 0.338 e. The van der Waals surface area contributed by atoms with Crippen LogP contribution in [-0.2, 0) is 9.53 Å². The van der Waals surface area contributed by atoms with Crippen molar-refractivity contribution in [2.24, 2.45) is 0 Å². The Morgan fingerprint density at radius 2 is 1.65 bits per heavy atom. The van der Waals surface area contributed by atoms with E-state index >= 15 is 0 Å². The van der Waals surface area contributed by atoms with Crippen molar-refractivity contribution >= 4 is 52.6 Å². The highest BCUT2D eigenvalue weighted by Crippen LogP contribution is 2.33. The Labute approximate surface area is 189 Å². The highest BCUT2D eigenvalue weighted by Gasteiger charge is 2.37. The predicted molar refractivity (Wildman–Crippen MR) is 117 cm³/mol. The van der Waals surface area contributed by atoms with E-state index in [1.165, 1.54) is 36.4 Å². The van der Waals surface area contributed by atoms with E-state index in [4.69, 9.17) is 27.9 Å². The highest BCUT2D eigenvalue weighted by atomic mass is 35.5. The molecule has 0 unspecified atom stereocenters. The van der Waals surface area contributed by atoms with Gasteiger partial charge >= 0.3 is 5.97 Å². The monoisotopic (exact) mass is 462 g/mol. The number of ether oxygens (including phenoxy) is 1. The molecular weight excluding hydrogens is 443 g/mol. The number of rotatable bonds is 7. The van der Waals surface area contributed by atoms with Gasteiger partial charge in [0.15, 0.2) is 6.61 Å². The van der Waals surface area contributed by atoms with Crippen LogP contribution < -0.4 is 10.2 Å². The van der Waals surface area contributed by atoms with E-state index in [1.54, 1.807) is 0 Å². The zero-order valence-electron chi connectivity index (χ0n) is 16.9. The van der Waals surface area contributed by atoms with Gasteiger partial charge in [0.25, 0.3) is 17.7 Å². The Kier molecular flexibility index (Phi) is 6.97. The van der Waals surface area contributed by atoms with Crippen LogP contribution in [0.15, 0.2) is 36.4 Å². The molecule has 0 spiro atoms. The lowest BCUT2D eigenvalue weighted by Crippen LogP contribution is -2.36. The zero-order chi connectivity index (χ0) is 22.7. The van der Waals surface area contributed by atoms with Gasteiger partial charge in [0.2, 0.25) is 0 Å². The van der Waals surface area contributed by atoms with Crippen LogP contribution in [0.5, 0.6) is 0 Å². The van der Waals surface area contributed by atoms with Gasteiger partial charge in [0, 0.05) is 6.04 Å². The van der Waals surface area contributed by atoms with Gasteiger partial charge in [-0.2, -0.15) is 0 Å². The number of carbonyl (C=O) groups excluding carboxylic acids is 4. The van der Waals surface area contributed by atoms with E-state index in [9.17, 15) is 19.2 Å². The van der Waals surface area contributed by atoms with Crippen molar-refractivity contribution < 1.29 is 23.9 Å². The second kappa shape index (κ2) is 9.49. The molecule has 9 heteroatoms. The highest BCUT2D eigenvalue weighted by molar-refractivity contribution is 6.42. The minimum absolute atomic E-state index is 0.0159. The molecule has 0 atom stereocenters. The summed E-state index contributed by atoms with van der Waals surface area (Å²) in [7, 11) is 0. The van der Waals surface area contributed by atoms with Crippen LogP contribution in [0.1, 0.15) is 57.8 Å². The molecular formula is C22H20Cl2N2O5. The molecule has 0 aromatic heterocycles. The molecule has 3 amide bonds. The zero-order valence-corrected chi connectivity index (χ0v) is 18.4. The Balaban J connectivity index is 1.74. The molecule has 1 heterocycles. The number of fused-ring (bicyclic) bond motifs is 1. The number of hydrogen-bond acceptors (Lipinski definition) is 5. The van der Waals surface area contributed by atoms with E-state index in [0.717, 1.165) is 17.7 Å². The summed E-state index contributed by atoms with van der Waals surface area (Å²) in [5, 5.41) is 3.26. The van der Waals surface area contributed by atoms with Gasteiger partial charge in [0.05, 0.1) is 32.4 Å². The van der Waals surface area contributed by atoms with Crippen LogP contribution in [0.2, 0.25) is 10.0 Å². The van der Waals surface area contributed by atoms with Gasteiger partial charge in [-0.15, -0.1) is 0 Å². The number of hydrogen-bond donors (Lipinski definition) is 1. The van der Waals surface area contributed by atoms with E-state index in [-0.39, 0.29) is 33.4 Å². The smallest absolute Gasteiger partial charge is 0.338 e. The third kappa shape index (κ3) is 4.73. The molecule has 0 aliphatic carbocycles. The lowest BCUT2D eigenvalue weighted by atomic mass is 10.1. The normalized spacial score (nSPS) is 12.9. The first kappa shape index (κ1) is 22.8. The Morgan fingerprint density at radius 1 is 0.968 bits per heavy atom. The van der Waals surface area contributed by atoms with Gasteiger partial charge < -0.3 is 10.1 Å². The molecule has 0 radical (unpaired) electrons. The fourth-order valence-electron chi connectivity index (χ4n) is 3.20. The molecule has 2 aromatic carbocycles. The van der Waals surface area contributed by atoms with Crippen LogP contribution in [0.25, 0.3) is 0 Å². The SMILES string of the molecule is CCC(CC)NC(=O)COC(=O)c1ccc2c(c1)C(=O)N(c1ccc(Cl)c(Cl)c1)C2=O. The number of anilines is 1. The number of amides is 3. The van der Waals surface area contributed by atoms with Crippen molar-refractivity contribution in [1.82, 2.24) is 5.32 Å². The standard InChI is InChI=1S/C22H20Cl2N2O5/c1-3-13(4-2)25-19(27)11-31-22(30)12-5-7-15-16(9-12)21(29)26(20(15)28)14-6-8-17(23)18(24)10-14/h5-10,13H,3-4,11H2,1-2H3,(H,25,27). The van der Waals surface area contributed by atoms with Crippen molar-refractivity contribution in [1.29, 1.82) is 0 Å². The lowest BCUT2D eigenvalue weighted by Gasteiger charge is -2.14. The lowest BCUT2D eigenvalue weighted by molar-refractivity contribution is -0.125. The molecule has 162 valence electrons. The fraction of sp³-hybridized carbons (Fsp3) is 0.273. The number of carbonyl (C=O) groups is 4. The van der Waals surface area contributed by atoms with E-state index in [2.05, 4.69) is 5.32 Å².